The fourth-order valence-corrected chi connectivity index (χ4v) is 4.53. The molecule has 0 unspecified atom stereocenters. The molecule has 0 amide bonds. The highest BCUT2D eigenvalue weighted by Crippen LogP contribution is 2.43. The number of rotatable bonds is 5. The maximum atomic E-state index is 6.16. The Morgan fingerprint density at radius 2 is 1.28 bits per heavy atom. The smallest absolute Gasteiger partial charge is 0.132 e. The lowest BCUT2D eigenvalue weighted by Gasteiger charge is -2.13. The molecule has 3 aromatic carbocycles. The topological polar surface area (TPSA) is 61.3 Å². The lowest BCUT2D eigenvalue weighted by atomic mass is 10.2. The summed E-state index contributed by atoms with van der Waals surface area (Å²) in [5.41, 5.74) is 14.6. The van der Waals surface area contributed by atoms with Crippen molar-refractivity contribution in [2.24, 2.45) is 0 Å². The van der Waals surface area contributed by atoms with Crippen LogP contribution in [0.25, 0.3) is 0 Å². The van der Waals surface area contributed by atoms with Gasteiger partial charge in [0.25, 0.3) is 0 Å². The molecule has 0 aromatic heterocycles. The van der Waals surface area contributed by atoms with Gasteiger partial charge < -0.3 is 16.2 Å². The summed E-state index contributed by atoms with van der Waals surface area (Å²) in [5.74, 6) is 0.871. The first kappa shape index (κ1) is 17.6. The van der Waals surface area contributed by atoms with Crippen LogP contribution in [0.1, 0.15) is 5.56 Å². The van der Waals surface area contributed by atoms with Crippen molar-refractivity contribution in [1.29, 1.82) is 0 Å². The Balaban J connectivity index is 1.93. The Bertz CT molecular complexity index is 897. The van der Waals surface area contributed by atoms with Gasteiger partial charge >= 0.3 is 0 Å². The van der Waals surface area contributed by atoms with Crippen LogP contribution < -0.4 is 16.2 Å². The second-order valence-corrected chi connectivity index (χ2v) is 7.72. The summed E-state index contributed by atoms with van der Waals surface area (Å²) in [6.45, 7) is 1.99. The second kappa shape index (κ2) is 7.76. The van der Waals surface area contributed by atoms with E-state index in [1.54, 1.807) is 30.6 Å². The number of nitrogens with two attached hydrogens (primary N) is 2. The average Bonchev–Trinajstić information content (AvgIpc) is 2.61. The zero-order valence-corrected chi connectivity index (χ0v) is 15.8. The molecule has 0 aliphatic heterocycles. The Labute approximate surface area is 156 Å². The van der Waals surface area contributed by atoms with E-state index in [-0.39, 0.29) is 0 Å². The van der Waals surface area contributed by atoms with E-state index in [2.05, 4.69) is 18.2 Å². The molecule has 0 saturated heterocycles. The van der Waals surface area contributed by atoms with Gasteiger partial charge in [0.2, 0.25) is 0 Å². The SMILES string of the molecule is COc1ccccc1Sc1ccccc1Sc1cc(C)c(N)cc1N. The first-order chi connectivity index (χ1) is 12.1. The van der Waals surface area contributed by atoms with Crippen LogP contribution in [0, 0.1) is 6.92 Å². The molecule has 0 atom stereocenters. The summed E-state index contributed by atoms with van der Waals surface area (Å²) >= 11 is 3.34. The third kappa shape index (κ3) is 4.06. The molecular formula is C20H20N2OS2. The number of aryl methyl sites for hydroxylation is 1. The fourth-order valence-electron chi connectivity index (χ4n) is 2.36. The Morgan fingerprint density at radius 3 is 1.92 bits per heavy atom. The third-order valence-electron chi connectivity index (χ3n) is 3.76. The molecule has 0 bridgehead atoms. The van der Waals surface area contributed by atoms with Crippen molar-refractivity contribution in [1.82, 2.24) is 0 Å². The van der Waals surface area contributed by atoms with Crippen molar-refractivity contribution in [3.8, 4) is 5.75 Å². The van der Waals surface area contributed by atoms with Gasteiger partial charge in [0.1, 0.15) is 5.75 Å². The van der Waals surface area contributed by atoms with E-state index in [0.717, 1.165) is 36.6 Å². The number of nitrogen functional groups attached to an aromatic ring is 2. The van der Waals surface area contributed by atoms with Crippen molar-refractivity contribution < 1.29 is 4.74 Å². The number of methoxy groups -OCH3 is 1. The Kier molecular flexibility index (Phi) is 5.46. The van der Waals surface area contributed by atoms with Crippen molar-refractivity contribution in [2.75, 3.05) is 18.6 Å². The number of hydrogen-bond acceptors (Lipinski definition) is 5. The Hall–Kier alpha value is -2.24. The molecule has 0 aliphatic carbocycles. The average molecular weight is 369 g/mol. The number of para-hydroxylation sites is 1. The highest BCUT2D eigenvalue weighted by Gasteiger charge is 2.11. The standard InChI is InChI=1S/C20H20N2OS2/c1-13-11-20(15(22)12-14(13)21)25-19-10-6-5-9-18(19)24-17-8-4-3-7-16(17)23-2/h3-12H,21-22H2,1-2H3. The molecular weight excluding hydrogens is 348 g/mol. The molecule has 3 rings (SSSR count). The van der Waals surface area contributed by atoms with E-state index in [1.807, 2.05) is 49.4 Å². The fraction of sp³-hybridized carbons (Fsp3) is 0.100. The molecule has 0 saturated carbocycles. The van der Waals surface area contributed by atoms with E-state index >= 15 is 0 Å². The van der Waals surface area contributed by atoms with E-state index in [9.17, 15) is 0 Å². The van der Waals surface area contributed by atoms with Crippen LogP contribution in [0.3, 0.4) is 0 Å². The maximum absolute atomic E-state index is 6.16. The van der Waals surface area contributed by atoms with Crippen LogP contribution in [0.15, 0.2) is 80.2 Å². The van der Waals surface area contributed by atoms with Crippen LogP contribution in [-0.4, -0.2) is 7.11 Å². The van der Waals surface area contributed by atoms with Crippen LogP contribution in [-0.2, 0) is 0 Å². The summed E-state index contributed by atoms with van der Waals surface area (Å²) in [7, 11) is 1.69. The zero-order chi connectivity index (χ0) is 17.8. The van der Waals surface area contributed by atoms with E-state index < -0.39 is 0 Å². The number of ether oxygens (including phenoxy) is 1. The number of benzene rings is 3. The maximum Gasteiger partial charge on any atom is 0.132 e. The molecule has 4 N–H and O–H groups in total. The van der Waals surface area contributed by atoms with Crippen LogP contribution in [0.4, 0.5) is 11.4 Å². The lowest BCUT2D eigenvalue weighted by Crippen LogP contribution is -1.95. The normalized spacial score (nSPS) is 10.6. The van der Waals surface area contributed by atoms with Crippen LogP contribution >= 0.6 is 23.5 Å². The number of hydrogen-bond donors (Lipinski definition) is 2. The molecule has 0 heterocycles. The van der Waals surface area contributed by atoms with Crippen LogP contribution in [0.5, 0.6) is 5.75 Å². The molecule has 5 heteroatoms. The number of anilines is 2. The summed E-state index contributed by atoms with van der Waals surface area (Å²) < 4.78 is 5.46. The van der Waals surface area contributed by atoms with Crippen molar-refractivity contribution in [2.45, 2.75) is 26.5 Å². The van der Waals surface area contributed by atoms with Gasteiger partial charge in [-0.05, 0) is 48.9 Å². The molecule has 25 heavy (non-hydrogen) atoms. The van der Waals surface area contributed by atoms with E-state index in [0.29, 0.717) is 5.69 Å². The predicted molar refractivity (Wildman–Crippen MR) is 108 cm³/mol. The summed E-state index contributed by atoms with van der Waals surface area (Å²) in [5, 5.41) is 0. The van der Waals surface area contributed by atoms with Gasteiger partial charge in [0.15, 0.2) is 0 Å². The largest absolute Gasteiger partial charge is 0.496 e. The van der Waals surface area contributed by atoms with Crippen LogP contribution in [0.2, 0.25) is 0 Å². The molecule has 0 fully saturated rings. The van der Waals surface area contributed by atoms with Crippen molar-refractivity contribution in [3.05, 3.63) is 66.2 Å². The first-order valence-electron chi connectivity index (χ1n) is 7.82. The van der Waals surface area contributed by atoms with Gasteiger partial charge in [-0.3, -0.25) is 0 Å². The summed E-state index contributed by atoms with van der Waals surface area (Å²) in [6, 6.07) is 20.2. The molecule has 0 aliphatic rings. The van der Waals surface area contributed by atoms with Gasteiger partial charge in [-0.15, -0.1) is 0 Å². The summed E-state index contributed by atoms with van der Waals surface area (Å²) in [6.07, 6.45) is 0. The lowest BCUT2D eigenvalue weighted by molar-refractivity contribution is 0.405. The molecule has 0 radical (unpaired) electrons. The first-order valence-corrected chi connectivity index (χ1v) is 9.45. The quantitative estimate of drug-likeness (QED) is 0.585. The Morgan fingerprint density at radius 1 is 0.720 bits per heavy atom. The van der Waals surface area contributed by atoms with Gasteiger partial charge in [-0.1, -0.05) is 47.8 Å². The highest BCUT2D eigenvalue weighted by molar-refractivity contribution is 8.02. The van der Waals surface area contributed by atoms with Gasteiger partial charge in [0, 0.05) is 26.1 Å². The molecule has 0 spiro atoms. The van der Waals surface area contributed by atoms with E-state index in [4.69, 9.17) is 16.2 Å². The van der Waals surface area contributed by atoms with Gasteiger partial charge in [0.05, 0.1) is 12.0 Å². The minimum atomic E-state index is 0.699. The molecule has 3 nitrogen and oxygen atoms in total. The van der Waals surface area contributed by atoms with Crippen molar-refractivity contribution in [3.63, 3.8) is 0 Å². The minimum Gasteiger partial charge on any atom is -0.496 e. The summed E-state index contributed by atoms with van der Waals surface area (Å²) in [4.78, 5) is 4.40. The molecule has 3 aromatic rings. The monoisotopic (exact) mass is 368 g/mol. The molecule has 128 valence electrons. The third-order valence-corrected chi connectivity index (χ3v) is 6.17. The van der Waals surface area contributed by atoms with Crippen molar-refractivity contribution >= 4 is 34.9 Å². The van der Waals surface area contributed by atoms with Gasteiger partial charge in [-0.2, -0.15) is 0 Å². The second-order valence-electron chi connectivity index (χ2n) is 5.55. The van der Waals surface area contributed by atoms with Gasteiger partial charge in [-0.25, -0.2) is 0 Å². The minimum absolute atomic E-state index is 0.699. The zero-order valence-electron chi connectivity index (χ0n) is 14.2. The van der Waals surface area contributed by atoms with E-state index in [1.165, 1.54) is 0 Å². The highest BCUT2D eigenvalue weighted by atomic mass is 32.2. The predicted octanol–water partition coefficient (Wildman–Crippen LogP) is 5.47.